The van der Waals surface area contributed by atoms with Crippen molar-refractivity contribution in [3.63, 3.8) is 0 Å². The van der Waals surface area contributed by atoms with Crippen LogP contribution in [-0.4, -0.2) is 80.4 Å². The van der Waals surface area contributed by atoms with E-state index in [1.54, 1.807) is 36.7 Å². The van der Waals surface area contributed by atoms with Crippen molar-refractivity contribution in [1.29, 1.82) is 0 Å². The quantitative estimate of drug-likeness (QED) is 0.0939. The predicted octanol–water partition coefficient (Wildman–Crippen LogP) is 9.65. The zero-order chi connectivity index (χ0) is 41.9. The van der Waals surface area contributed by atoms with E-state index in [0.29, 0.717) is 30.3 Å². The second kappa shape index (κ2) is 17.8. The lowest BCUT2D eigenvalue weighted by molar-refractivity contribution is 0.0273. The third kappa shape index (κ3) is 10.5. The first-order valence-corrected chi connectivity index (χ1v) is 21.7. The van der Waals surface area contributed by atoms with Gasteiger partial charge in [0.15, 0.2) is 23.3 Å². The number of oxazole rings is 2. The average molecular weight is 829 g/mol. The van der Waals surface area contributed by atoms with Crippen molar-refractivity contribution in [3.8, 4) is 45.2 Å². The van der Waals surface area contributed by atoms with Crippen LogP contribution in [0.25, 0.3) is 45.2 Å². The van der Waals surface area contributed by atoms with Crippen LogP contribution in [0.4, 0.5) is 20.4 Å². The lowest BCUT2D eigenvalue weighted by Gasteiger charge is -2.34. The molecule has 0 atom stereocenters. The van der Waals surface area contributed by atoms with E-state index in [-0.39, 0.29) is 17.6 Å². The van der Waals surface area contributed by atoms with Crippen LogP contribution in [0.1, 0.15) is 88.8 Å². The monoisotopic (exact) mass is 828 g/mol. The topological polar surface area (TPSA) is 137 Å². The van der Waals surface area contributed by atoms with Gasteiger partial charge in [0, 0.05) is 65.1 Å². The number of β-amino-alcohol motifs (C(OH)–C–C–N with tert-alkyl or cyclic N) is 1. The lowest BCUT2D eigenvalue weighted by atomic mass is 9.95. The number of nitrogens with one attached hydrogen (secondary N) is 3. The number of hydrogen-bond acceptors (Lipinski definition) is 11. The Morgan fingerprint density at radius 2 is 1.08 bits per heavy atom. The molecule has 13 heteroatoms. The third-order valence-corrected chi connectivity index (χ3v) is 11.7. The van der Waals surface area contributed by atoms with Crippen LogP contribution >= 0.6 is 0 Å². The van der Waals surface area contributed by atoms with Crippen LogP contribution in [-0.2, 0) is 0 Å². The van der Waals surface area contributed by atoms with E-state index in [2.05, 4.69) is 30.8 Å². The molecule has 2 aromatic carbocycles. The predicted molar refractivity (Wildman–Crippen MR) is 233 cm³/mol. The van der Waals surface area contributed by atoms with Crippen molar-refractivity contribution in [1.82, 2.24) is 30.2 Å². The normalized spacial score (nSPS) is 17.8. The summed E-state index contributed by atoms with van der Waals surface area (Å²) in [6.45, 7) is 8.07. The van der Waals surface area contributed by atoms with E-state index in [0.717, 1.165) is 115 Å². The number of hydrogen-bond donors (Lipinski definition) is 4. The minimum atomic E-state index is -0.702. The van der Waals surface area contributed by atoms with Crippen molar-refractivity contribution >= 4 is 11.6 Å². The Hall–Kier alpha value is -5.50. The van der Waals surface area contributed by atoms with Crippen LogP contribution in [0.15, 0.2) is 94.0 Å². The summed E-state index contributed by atoms with van der Waals surface area (Å²) in [5, 5.41) is 20.4. The first-order chi connectivity index (χ1) is 29.6. The molecule has 4 N–H and O–H groups in total. The molecular weight excluding hydrogens is 775 g/mol. The Bertz CT molecular complexity index is 2390. The highest BCUT2D eigenvalue weighted by molar-refractivity contribution is 5.79. The van der Waals surface area contributed by atoms with E-state index in [4.69, 9.17) is 18.8 Å². The van der Waals surface area contributed by atoms with E-state index in [9.17, 15) is 13.9 Å². The number of anilines is 2. The molecule has 11 nitrogen and oxygen atoms in total. The Morgan fingerprint density at radius 3 is 1.51 bits per heavy atom. The number of aromatic nitrogens is 4. The Kier molecular flexibility index (Phi) is 12.0. The van der Waals surface area contributed by atoms with Crippen LogP contribution in [0, 0.1) is 11.6 Å². The number of aliphatic hydroxyl groups is 1. The fourth-order valence-corrected chi connectivity index (χ4v) is 8.15. The zero-order valence-corrected chi connectivity index (χ0v) is 34.8. The van der Waals surface area contributed by atoms with Gasteiger partial charge in [-0.05, 0) is 164 Å². The minimum Gasteiger partial charge on any atom is -0.440 e. The molecule has 0 amide bonds. The van der Waals surface area contributed by atoms with Gasteiger partial charge in [-0.3, -0.25) is 0 Å². The Balaban J connectivity index is 0.000000158. The standard InChI is InChI=1S/C26H31FN4O2.C22H23FN4O/c1-26(2,32)16-31-13-10-18(11-14-31)25-30-23(17-3-5-20(27)6-4-17)24(33-25)19-9-12-28-22(15-19)29-21-7-8-21;23-17-3-1-14(2-4-17)20-21(28-22(27-20)15-7-10-24-11-8-15)16-9-12-25-19(13-16)26-18-5-6-18/h3-6,9,12,15,18,21,32H,7-8,10-11,13-14,16H2,1-2H3,(H,28,29);1-4,9,12-13,15,18,24H,5-8,10-11H2,(H,25,26). The summed E-state index contributed by atoms with van der Waals surface area (Å²) in [5.41, 5.74) is 4.32. The Morgan fingerprint density at radius 1 is 0.639 bits per heavy atom. The molecule has 0 bridgehead atoms. The molecule has 2 saturated carbocycles. The molecule has 61 heavy (non-hydrogen) atoms. The maximum Gasteiger partial charge on any atom is 0.198 e. The molecule has 6 heterocycles. The molecule has 2 aliphatic carbocycles. The van der Waals surface area contributed by atoms with Crippen molar-refractivity contribution in [2.75, 3.05) is 43.4 Å². The summed E-state index contributed by atoms with van der Waals surface area (Å²) in [5.74, 6) is 4.57. The second-order valence-corrected chi connectivity index (χ2v) is 17.6. The highest BCUT2D eigenvalue weighted by atomic mass is 19.1. The van der Waals surface area contributed by atoms with Crippen LogP contribution in [0.2, 0.25) is 0 Å². The Labute approximate surface area is 355 Å². The number of likely N-dealkylation sites (tertiary alicyclic amines) is 1. The highest BCUT2D eigenvalue weighted by Crippen LogP contribution is 2.40. The molecule has 4 aliphatic rings. The largest absolute Gasteiger partial charge is 0.440 e. The molecule has 10 rings (SSSR count). The molecule has 2 aliphatic heterocycles. The average Bonchev–Trinajstić information content (AvgIpc) is 4.18. The maximum absolute atomic E-state index is 13.6. The van der Waals surface area contributed by atoms with Crippen LogP contribution in [0.3, 0.4) is 0 Å². The fraction of sp³-hybridized carbons (Fsp3) is 0.417. The number of benzene rings is 2. The van der Waals surface area contributed by atoms with Crippen molar-refractivity contribution in [3.05, 3.63) is 109 Å². The van der Waals surface area contributed by atoms with Crippen molar-refractivity contribution in [2.24, 2.45) is 0 Å². The summed E-state index contributed by atoms with van der Waals surface area (Å²) < 4.78 is 39.7. The number of rotatable bonds is 12. The zero-order valence-electron chi connectivity index (χ0n) is 34.8. The van der Waals surface area contributed by atoms with Crippen molar-refractivity contribution in [2.45, 2.75) is 94.7 Å². The summed E-state index contributed by atoms with van der Waals surface area (Å²) in [6, 6.07) is 21.8. The van der Waals surface area contributed by atoms with Gasteiger partial charge in [-0.25, -0.2) is 28.7 Å². The summed E-state index contributed by atoms with van der Waals surface area (Å²) in [4.78, 5) is 20.9. The van der Waals surface area contributed by atoms with Crippen molar-refractivity contribution < 1.29 is 22.7 Å². The van der Waals surface area contributed by atoms with Gasteiger partial charge in [-0.1, -0.05) is 0 Å². The van der Waals surface area contributed by atoms with E-state index < -0.39 is 5.60 Å². The first kappa shape index (κ1) is 40.9. The molecule has 0 spiro atoms. The fourth-order valence-electron chi connectivity index (χ4n) is 8.15. The van der Waals surface area contributed by atoms with Gasteiger partial charge in [0.25, 0.3) is 0 Å². The number of piperidine rings is 2. The summed E-state index contributed by atoms with van der Waals surface area (Å²) >= 11 is 0. The highest BCUT2D eigenvalue weighted by Gasteiger charge is 2.30. The smallest absolute Gasteiger partial charge is 0.198 e. The summed E-state index contributed by atoms with van der Waals surface area (Å²) in [7, 11) is 0. The van der Waals surface area contributed by atoms with Gasteiger partial charge in [0.2, 0.25) is 0 Å². The number of halogens is 2. The van der Waals surface area contributed by atoms with Gasteiger partial charge >= 0.3 is 0 Å². The molecule has 318 valence electrons. The molecule has 0 unspecified atom stereocenters. The van der Waals surface area contributed by atoms with E-state index >= 15 is 0 Å². The third-order valence-electron chi connectivity index (χ3n) is 11.7. The second-order valence-electron chi connectivity index (χ2n) is 17.6. The van der Waals surface area contributed by atoms with Gasteiger partial charge in [-0.2, -0.15) is 0 Å². The summed E-state index contributed by atoms with van der Waals surface area (Å²) in [6.07, 6.45) is 12.2. The lowest BCUT2D eigenvalue weighted by Crippen LogP contribution is -2.42. The molecule has 4 fully saturated rings. The van der Waals surface area contributed by atoms with Gasteiger partial charge < -0.3 is 34.8 Å². The molecule has 0 radical (unpaired) electrons. The number of pyridine rings is 2. The molecular formula is C48H54F2N8O3. The van der Waals surface area contributed by atoms with E-state index in [1.165, 1.54) is 49.9 Å². The minimum absolute atomic E-state index is 0.210. The van der Waals surface area contributed by atoms with E-state index in [1.807, 2.05) is 38.1 Å². The molecule has 2 saturated heterocycles. The molecule has 4 aromatic heterocycles. The van der Waals surface area contributed by atoms with Crippen LogP contribution in [0.5, 0.6) is 0 Å². The SMILES string of the molecule is CC(C)(O)CN1CCC(c2nc(-c3ccc(F)cc3)c(-c3ccnc(NC4CC4)c3)o2)CC1.Fc1ccc(-c2nc(C3CCNCC3)oc2-c2ccnc(NC3CC3)c2)cc1. The van der Waals surface area contributed by atoms with Gasteiger partial charge in [0.1, 0.15) is 34.7 Å². The first-order valence-electron chi connectivity index (χ1n) is 21.7. The van der Waals surface area contributed by atoms with Gasteiger partial charge in [-0.15, -0.1) is 0 Å². The van der Waals surface area contributed by atoms with Crippen LogP contribution < -0.4 is 16.0 Å². The number of nitrogens with zero attached hydrogens (tertiary/aromatic N) is 5. The maximum atomic E-state index is 13.6. The molecule has 6 aromatic rings. The van der Waals surface area contributed by atoms with Gasteiger partial charge in [0.05, 0.1) is 5.60 Å².